The first kappa shape index (κ1) is 16.7. The van der Waals surface area contributed by atoms with Crippen molar-refractivity contribution < 1.29 is 13.3 Å². The number of sulfonamides is 1. The Morgan fingerprint density at radius 2 is 1.91 bits per heavy atom. The van der Waals surface area contributed by atoms with Gasteiger partial charge >= 0.3 is 0 Å². The Hall–Kier alpha value is -1.67. The van der Waals surface area contributed by atoms with E-state index in [-0.39, 0.29) is 22.7 Å². The van der Waals surface area contributed by atoms with E-state index in [1.54, 1.807) is 13.8 Å². The zero-order valence-corrected chi connectivity index (χ0v) is 13.7. The number of hydrogen-bond donors (Lipinski definition) is 2. The van der Waals surface area contributed by atoms with E-state index in [1.807, 2.05) is 6.92 Å². The van der Waals surface area contributed by atoms with Gasteiger partial charge in [0.2, 0.25) is 10.0 Å². The maximum Gasteiger partial charge on any atom is 0.293 e. The molecule has 7 nitrogen and oxygen atoms in total. The Labute approximate surface area is 130 Å². The van der Waals surface area contributed by atoms with Crippen LogP contribution in [0.5, 0.6) is 0 Å². The van der Waals surface area contributed by atoms with Gasteiger partial charge in [0.15, 0.2) is 0 Å². The minimum absolute atomic E-state index is 0.0995. The average molecular weight is 327 g/mol. The number of hydrogen-bond acceptors (Lipinski definition) is 5. The maximum absolute atomic E-state index is 12.1. The van der Waals surface area contributed by atoms with Gasteiger partial charge in [-0.05, 0) is 51.7 Å². The number of nitro benzene ring substituents is 1. The summed E-state index contributed by atoms with van der Waals surface area (Å²) in [5, 5.41) is 14.4. The summed E-state index contributed by atoms with van der Waals surface area (Å²) in [7, 11) is -3.75. The van der Waals surface area contributed by atoms with Gasteiger partial charge in [-0.3, -0.25) is 10.1 Å². The number of anilines is 1. The summed E-state index contributed by atoms with van der Waals surface area (Å²) < 4.78 is 26.6. The molecule has 1 aliphatic rings. The molecule has 0 saturated heterocycles. The van der Waals surface area contributed by atoms with Crippen LogP contribution in [0.15, 0.2) is 23.1 Å². The van der Waals surface area contributed by atoms with Crippen LogP contribution in [-0.4, -0.2) is 25.4 Å². The summed E-state index contributed by atoms with van der Waals surface area (Å²) in [4.78, 5) is 10.6. The highest BCUT2D eigenvalue weighted by molar-refractivity contribution is 7.89. The number of benzene rings is 1. The van der Waals surface area contributed by atoms with Crippen molar-refractivity contribution in [3.63, 3.8) is 0 Å². The summed E-state index contributed by atoms with van der Waals surface area (Å²) in [6.45, 7) is 5.37. The van der Waals surface area contributed by atoms with E-state index in [2.05, 4.69) is 10.0 Å². The van der Waals surface area contributed by atoms with Crippen molar-refractivity contribution in [2.45, 2.75) is 50.6 Å². The van der Waals surface area contributed by atoms with Crippen LogP contribution >= 0.6 is 0 Å². The molecule has 0 bridgehead atoms. The van der Waals surface area contributed by atoms with Crippen molar-refractivity contribution in [1.29, 1.82) is 0 Å². The molecule has 1 aromatic rings. The molecule has 8 heteroatoms. The van der Waals surface area contributed by atoms with Gasteiger partial charge < -0.3 is 5.32 Å². The fourth-order valence-corrected chi connectivity index (χ4v) is 3.56. The summed E-state index contributed by atoms with van der Waals surface area (Å²) in [6.07, 6.45) is 2.24. The third-order valence-corrected chi connectivity index (χ3v) is 5.24. The zero-order valence-electron chi connectivity index (χ0n) is 12.9. The summed E-state index contributed by atoms with van der Waals surface area (Å²) in [5.74, 6) is 0.533. The van der Waals surface area contributed by atoms with E-state index >= 15 is 0 Å². The minimum atomic E-state index is -3.75. The first-order valence-electron chi connectivity index (χ1n) is 7.28. The third kappa shape index (κ3) is 3.95. The van der Waals surface area contributed by atoms with Gasteiger partial charge in [0.1, 0.15) is 5.69 Å². The van der Waals surface area contributed by atoms with Crippen LogP contribution in [0.3, 0.4) is 0 Å². The van der Waals surface area contributed by atoms with Crippen molar-refractivity contribution in [3.05, 3.63) is 28.3 Å². The van der Waals surface area contributed by atoms with Gasteiger partial charge in [0.25, 0.3) is 5.69 Å². The number of rotatable bonds is 7. The van der Waals surface area contributed by atoms with Crippen molar-refractivity contribution in [3.8, 4) is 0 Å². The standard InChI is InChI=1S/C14H21N3O4S/c1-9(2)16-22(20,21)12-6-7-13(14(8-12)17(18)19)15-10(3)11-4-5-11/h6-11,15-16H,4-5H2,1-3H3/t10-/m0/s1. The molecular weight excluding hydrogens is 306 g/mol. The van der Waals surface area contributed by atoms with Gasteiger partial charge in [-0.2, -0.15) is 0 Å². The summed E-state index contributed by atoms with van der Waals surface area (Å²) in [5.41, 5.74) is 0.132. The quantitative estimate of drug-likeness (QED) is 0.592. The SMILES string of the molecule is CC(C)NS(=O)(=O)c1ccc(N[C@@H](C)C2CC2)c([N+](=O)[O-])c1. The lowest BCUT2D eigenvalue weighted by Crippen LogP contribution is -2.30. The van der Waals surface area contributed by atoms with Crippen LogP contribution in [0.1, 0.15) is 33.6 Å². The van der Waals surface area contributed by atoms with Crippen LogP contribution in [0.4, 0.5) is 11.4 Å². The van der Waals surface area contributed by atoms with Gasteiger partial charge in [-0.25, -0.2) is 13.1 Å². The van der Waals surface area contributed by atoms with E-state index in [0.717, 1.165) is 18.9 Å². The molecule has 2 rings (SSSR count). The molecule has 0 radical (unpaired) electrons. The molecular formula is C14H21N3O4S. The molecule has 0 heterocycles. The Kier molecular flexibility index (Phi) is 4.72. The summed E-state index contributed by atoms with van der Waals surface area (Å²) >= 11 is 0. The smallest absolute Gasteiger partial charge is 0.293 e. The Morgan fingerprint density at radius 3 is 2.41 bits per heavy atom. The van der Waals surface area contributed by atoms with E-state index in [0.29, 0.717) is 11.6 Å². The fraction of sp³-hybridized carbons (Fsp3) is 0.571. The molecule has 22 heavy (non-hydrogen) atoms. The Morgan fingerprint density at radius 1 is 1.27 bits per heavy atom. The lowest BCUT2D eigenvalue weighted by atomic mass is 10.2. The van der Waals surface area contributed by atoms with E-state index in [1.165, 1.54) is 12.1 Å². The second kappa shape index (κ2) is 6.21. The molecule has 0 aliphatic heterocycles. The van der Waals surface area contributed by atoms with Crippen LogP contribution in [0.25, 0.3) is 0 Å². The molecule has 122 valence electrons. The Bertz CT molecular complexity index is 669. The van der Waals surface area contributed by atoms with Gasteiger partial charge in [0, 0.05) is 18.2 Å². The average Bonchev–Trinajstić information content (AvgIpc) is 3.21. The lowest BCUT2D eigenvalue weighted by Gasteiger charge is -2.15. The molecule has 0 unspecified atom stereocenters. The van der Waals surface area contributed by atoms with Crippen LogP contribution in [0, 0.1) is 16.0 Å². The number of nitrogens with zero attached hydrogens (tertiary/aromatic N) is 1. The molecule has 0 spiro atoms. The van der Waals surface area contributed by atoms with Gasteiger partial charge in [-0.15, -0.1) is 0 Å². The Balaban J connectivity index is 2.32. The van der Waals surface area contributed by atoms with Crippen molar-refractivity contribution in [2.24, 2.45) is 5.92 Å². The zero-order chi connectivity index (χ0) is 16.5. The minimum Gasteiger partial charge on any atom is -0.377 e. The van der Waals surface area contributed by atoms with Crippen LogP contribution in [-0.2, 0) is 10.0 Å². The topological polar surface area (TPSA) is 101 Å². The van der Waals surface area contributed by atoms with Crippen molar-refractivity contribution in [2.75, 3.05) is 5.32 Å². The maximum atomic E-state index is 12.1. The normalized spacial score (nSPS) is 16.5. The predicted molar refractivity (Wildman–Crippen MR) is 84.4 cm³/mol. The largest absolute Gasteiger partial charge is 0.377 e. The highest BCUT2D eigenvalue weighted by Crippen LogP contribution is 2.36. The molecule has 1 aromatic carbocycles. The predicted octanol–water partition coefficient (Wildman–Crippen LogP) is 2.49. The lowest BCUT2D eigenvalue weighted by molar-refractivity contribution is -0.384. The molecule has 1 saturated carbocycles. The second-order valence-electron chi connectivity index (χ2n) is 5.98. The second-order valence-corrected chi connectivity index (χ2v) is 7.70. The molecule has 1 atom stereocenters. The molecule has 0 amide bonds. The highest BCUT2D eigenvalue weighted by atomic mass is 32.2. The van der Waals surface area contributed by atoms with E-state index < -0.39 is 14.9 Å². The van der Waals surface area contributed by atoms with E-state index in [9.17, 15) is 18.5 Å². The fourth-order valence-electron chi connectivity index (χ4n) is 2.29. The van der Waals surface area contributed by atoms with Gasteiger partial charge in [0.05, 0.1) is 9.82 Å². The molecule has 1 aliphatic carbocycles. The van der Waals surface area contributed by atoms with E-state index in [4.69, 9.17) is 0 Å². The molecule has 0 aromatic heterocycles. The number of nitro groups is 1. The molecule has 1 fully saturated rings. The number of nitrogens with one attached hydrogen (secondary N) is 2. The first-order chi connectivity index (χ1) is 10.2. The monoisotopic (exact) mass is 327 g/mol. The van der Waals surface area contributed by atoms with Crippen LogP contribution in [0.2, 0.25) is 0 Å². The van der Waals surface area contributed by atoms with Crippen molar-refractivity contribution >= 4 is 21.4 Å². The highest BCUT2D eigenvalue weighted by Gasteiger charge is 2.30. The third-order valence-electron chi connectivity index (χ3n) is 3.58. The van der Waals surface area contributed by atoms with Crippen LogP contribution < -0.4 is 10.0 Å². The van der Waals surface area contributed by atoms with Crippen molar-refractivity contribution in [1.82, 2.24) is 4.72 Å². The molecule has 2 N–H and O–H groups in total. The summed E-state index contributed by atoms with van der Waals surface area (Å²) in [6, 6.07) is 3.81. The first-order valence-corrected chi connectivity index (χ1v) is 8.76. The van der Waals surface area contributed by atoms with Gasteiger partial charge in [-0.1, -0.05) is 0 Å².